The molecule has 1 aliphatic rings. The number of benzene rings is 3. The van der Waals surface area contributed by atoms with E-state index in [1.807, 2.05) is 84.9 Å². The molecule has 3 aromatic carbocycles. The summed E-state index contributed by atoms with van der Waals surface area (Å²) in [5.74, 6) is 0.212. The predicted octanol–water partition coefficient (Wildman–Crippen LogP) is 4.36. The van der Waals surface area contributed by atoms with Gasteiger partial charge >= 0.3 is 0 Å². The van der Waals surface area contributed by atoms with Crippen LogP contribution < -0.4 is 9.80 Å². The molecule has 28 heavy (non-hydrogen) atoms. The van der Waals surface area contributed by atoms with Gasteiger partial charge in [0.15, 0.2) is 0 Å². The minimum atomic E-state index is -0.106. The molecule has 0 radical (unpaired) electrons. The fraction of sp³-hybridized carbons (Fsp3) is 0.130. The van der Waals surface area contributed by atoms with Gasteiger partial charge in [0.1, 0.15) is 6.54 Å². The average molecular weight is 388 g/mol. The number of carbonyl (C=O) groups is 2. The van der Waals surface area contributed by atoms with Gasteiger partial charge in [0.05, 0.1) is 18.0 Å². The molecule has 0 aliphatic carbocycles. The quantitative estimate of drug-likeness (QED) is 0.652. The van der Waals surface area contributed by atoms with E-state index in [-0.39, 0.29) is 18.4 Å². The predicted molar refractivity (Wildman–Crippen MR) is 114 cm³/mol. The minimum absolute atomic E-state index is 0.0259. The molecule has 0 atom stereocenters. The third-order valence-corrected chi connectivity index (χ3v) is 5.70. The Labute approximate surface area is 168 Å². The zero-order valence-corrected chi connectivity index (χ0v) is 16.1. The molecule has 3 aromatic rings. The van der Waals surface area contributed by atoms with Gasteiger partial charge in [0.25, 0.3) is 0 Å². The van der Waals surface area contributed by atoms with E-state index in [2.05, 4.69) is 0 Å². The molecule has 4 nitrogen and oxygen atoms in total. The molecule has 1 aliphatic heterocycles. The molecule has 0 saturated heterocycles. The number of nitrogens with zero attached hydrogens (tertiary/aromatic N) is 2. The maximum absolute atomic E-state index is 13.3. The van der Waals surface area contributed by atoms with Gasteiger partial charge in [0, 0.05) is 10.6 Å². The van der Waals surface area contributed by atoms with Crippen molar-refractivity contribution < 1.29 is 9.59 Å². The second-order valence-corrected chi connectivity index (χ2v) is 7.55. The van der Waals surface area contributed by atoms with E-state index in [0.717, 1.165) is 21.8 Å². The number of anilines is 2. The molecule has 140 valence electrons. The van der Waals surface area contributed by atoms with Crippen LogP contribution in [0.15, 0.2) is 89.8 Å². The first-order valence-corrected chi connectivity index (χ1v) is 10.1. The highest BCUT2D eigenvalue weighted by molar-refractivity contribution is 8.00. The van der Waals surface area contributed by atoms with Crippen LogP contribution in [0.25, 0.3) is 0 Å². The standard InChI is InChI=1S/C23H20N2O2S/c26-22(16-25-20-13-7-8-14-21(20)28-17-23(25)27)24(19-11-5-2-6-12-19)15-18-9-3-1-4-10-18/h1-14H,15-17H2. The number of thioether (sulfide) groups is 1. The molecule has 0 N–H and O–H groups in total. The van der Waals surface area contributed by atoms with Crippen LogP contribution in [0.2, 0.25) is 0 Å². The normalized spacial score (nSPS) is 13.1. The van der Waals surface area contributed by atoms with E-state index in [9.17, 15) is 9.59 Å². The highest BCUT2D eigenvalue weighted by Crippen LogP contribution is 2.35. The highest BCUT2D eigenvalue weighted by Gasteiger charge is 2.28. The zero-order chi connectivity index (χ0) is 19.3. The van der Waals surface area contributed by atoms with Gasteiger partial charge in [-0.25, -0.2) is 0 Å². The second kappa shape index (κ2) is 8.31. The zero-order valence-electron chi connectivity index (χ0n) is 15.3. The Morgan fingerprint density at radius 1 is 0.893 bits per heavy atom. The second-order valence-electron chi connectivity index (χ2n) is 6.54. The monoisotopic (exact) mass is 388 g/mol. The van der Waals surface area contributed by atoms with Crippen LogP contribution >= 0.6 is 11.8 Å². The van der Waals surface area contributed by atoms with Crippen molar-refractivity contribution in [3.8, 4) is 0 Å². The molecule has 2 amide bonds. The fourth-order valence-corrected chi connectivity index (χ4v) is 4.18. The largest absolute Gasteiger partial charge is 0.306 e. The number of fused-ring (bicyclic) bond motifs is 1. The van der Waals surface area contributed by atoms with Crippen LogP contribution in [0.3, 0.4) is 0 Å². The Morgan fingerprint density at radius 2 is 1.54 bits per heavy atom. The Morgan fingerprint density at radius 3 is 2.29 bits per heavy atom. The lowest BCUT2D eigenvalue weighted by Gasteiger charge is -2.31. The van der Waals surface area contributed by atoms with Crippen LogP contribution in [0.1, 0.15) is 5.56 Å². The number of amides is 2. The fourth-order valence-electron chi connectivity index (χ4n) is 3.25. The minimum Gasteiger partial charge on any atom is -0.306 e. The van der Waals surface area contributed by atoms with Gasteiger partial charge in [-0.3, -0.25) is 9.59 Å². The van der Waals surface area contributed by atoms with Crippen molar-refractivity contribution >= 4 is 35.0 Å². The van der Waals surface area contributed by atoms with Crippen LogP contribution in [-0.2, 0) is 16.1 Å². The van der Waals surface area contributed by atoms with Crippen LogP contribution in [0, 0.1) is 0 Å². The van der Waals surface area contributed by atoms with Gasteiger partial charge in [-0.1, -0.05) is 60.7 Å². The molecule has 0 spiro atoms. The van der Waals surface area contributed by atoms with E-state index < -0.39 is 0 Å². The third kappa shape index (κ3) is 3.94. The van der Waals surface area contributed by atoms with Crippen LogP contribution in [0.5, 0.6) is 0 Å². The Balaban J connectivity index is 1.62. The SMILES string of the molecule is O=C(CN1C(=O)CSc2ccccc21)N(Cc1ccccc1)c1ccccc1. The van der Waals surface area contributed by atoms with Gasteiger partial charge in [-0.05, 0) is 29.8 Å². The van der Waals surface area contributed by atoms with E-state index in [1.165, 1.54) is 11.8 Å². The molecule has 1 heterocycles. The molecule has 0 unspecified atom stereocenters. The molecule has 0 fully saturated rings. The summed E-state index contributed by atoms with van der Waals surface area (Å²) in [5.41, 5.74) is 2.67. The Kier molecular flexibility index (Phi) is 5.44. The summed E-state index contributed by atoms with van der Waals surface area (Å²) in [6.07, 6.45) is 0. The van der Waals surface area contributed by atoms with Crippen molar-refractivity contribution in [2.24, 2.45) is 0 Å². The summed E-state index contributed by atoms with van der Waals surface area (Å²) in [5, 5.41) is 0. The number of para-hydroxylation sites is 2. The molecule has 5 heteroatoms. The smallest absolute Gasteiger partial charge is 0.247 e. The van der Waals surface area contributed by atoms with E-state index in [0.29, 0.717) is 12.3 Å². The average Bonchev–Trinajstić information content (AvgIpc) is 2.75. The molecule has 0 saturated carbocycles. The van der Waals surface area contributed by atoms with Crippen molar-refractivity contribution in [1.29, 1.82) is 0 Å². The number of hydrogen-bond acceptors (Lipinski definition) is 3. The number of carbonyl (C=O) groups excluding carboxylic acids is 2. The van der Waals surface area contributed by atoms with Crippen molar-refractivity contribution in [2.75, 3.05) is 22.1 Å². The van der Waals surface area contributed by atoms with E-state index in [4.69, 9.17) is 0 Å². The number of rotatable bonds is 5. The highest BCUT2D eigenvalue weighted by atomic mass is 32.2. The van der Waals surface area contributed by atoms with Crippen molar-refractivity contribution in [1.82, 2.24) is 0 Å². The van der Waals surface area contributed by atoms with E-state index >= 15 is 0 Å². The first-order chi connectivity index (χ1) is 13.7. The molecular weight excluding hydrogens is 368 g/mol. The maximum atomic E-state index is 13.3. The first kappa shape index (κ1) is 18.3. The summed E-state index contributed by atoms with van der Waals surface area (Å²) in [6, 6.07) is 27.2. The van der Waals surface area contributed by atoms with Gasteiger partial charge < -0.3 is 9.80 Å². The summed E-state index contributed by atoms with van der Waals surface area (Å²) in [4.78, 5) is 30.2. The van der Waals surface area contributed by atoms with Gasteiger partial charge in [-0.15, -0.1) is 11.8 Å². The van der Waals surface area contributed by atoms with Gasteiger partial charge in [0.2, 0.25) is 11.8 Å². The lowest BCUT2D eigenvalue weighted by molar-refractivity contribution is -0.121. The molecular formula is C23H20N2O2S. The van der Waals surface area contributed by atoms with Crippen molar-refractivity contribution in [3.05, 3.63) is 90.5 Å². The Bertz CT molecular complexity index is 976. The third-order valence-electron chi connectivity index (χ3n) is 4.65. The van der Waals surface area contributed by atoms with Crippen molar-refractivity contribution in [2.45, 2.75) is 11.4 Å². The lowest BCUT2D eigenvalue weighted by atomic mass is 10.2. The lowest BCUT2D eigenvalue weighted by Crippen LogP contribution is -2.45. The van der Waals surface area contributed by atoms with Crippen molar-refractivity contribution in [3.63, 3.8) is 0 Å². The van der Waals surface area contributed by atoms with Gasteiger partial charge in [-0.2, -0.15) is 0 Å². The summed E-state index contributed by atoms with van der Waals surface area (Å²) in [7, 11) is 0. The molecule has 4 rings (SSSR count). The summed E-state index contributed by atoms with van der Waals surface area (Å²) < 4.78 is 0. The topological polar surface area (TPSA) is 40.6 Å². The molecule has 0 bridgehead atoms. The van der Waals surface area contributed by atoms with Crippen LogP contribution in [-0.4, -0.2) is 24.1 Å². The molecule has 0 aromatic heterocycles. The summed E-state index contributed by atoms with van der Waals surface area (Å²) in [6.45, 7) is 0.486. The summed E-state index contributed by atoms with van der Waals surface area (Å²) >= 11 is 1.52. The van der Waals surface area contributed by atoms with E-state index in [1.54, 1.807) is 9.80 Å². The van der Waals surface area contributed by atoms with Crippen LogP contribution in [0.4, 0.5) is 11.4 Å². The Hall–Kier alpha value is -3.05. The number of hydrogen-bond donors (Lipinski definition) is 0. The maximum Gasteiger partial charge on any atom is 0.247 e. The first-order valence-electron chi connectivity index (χ1n) is 9.14.